The molecule has 250 valence electrons. The molecule has 52 heavy (non-hydrogen) atoms. The Morgan fingerprint density at radius 2 is 0.788 bits per heavy atom. The molecule has 0 bridgehead atoms. The molecule has 0 spiro atoms. The van der Waals surface area contributed by atoms with Crippen LogP contribution in [0, 0.1) is 0 Å². The lowest BCUT2D eigenvalue weighted by Gasteiger charge is -2.22. The zero-order valence-corrected chi connectivity index (χ0v) is 29.3. The van der Waals surface area contributed by atoms with Gasteiger partial charge in [0.25, 0.3) is 0 Å². The van der Waals surface area contributed by atoms with Crippen molar-refractivity contribution in [2.45, 2.75) is 38.0 Å². The van der Waals surface area contributed by atoms with Crippen LogP contribution in [0.25, 0.3) is 78.1 Å². The fraction of sp³-hybridized carbons (Fsp3) is 0.120. The minimum atomic E-state index is 0.674. The van der Waals surface area contributed by atoms with Crippen molar-refractivity contribution in [1.82, 2.24) is 9.97 Å². The smallest absolute Gasteiger partial charge is 0.160 e. The maximum atomic E-state index is 5.18. The van der Waals surface area contributed by atoms with Gasteiger partial charge in [-0.15, -0.1) is 0 Å². The van der Waals surface area contributed by atoms with Gasteiger partial charge in [-0.2, -0.15) is 0 Å². The Balaban J connectivity index is 1.09. The topological polar surface area (TPSA) is 25.8 Å². The van der Waals surface area contributed by atoms with Crippen molar-refractivity contribution in [3.63, 3.8) is 0 Å². The predicted octanol–water partition coefficient (Wildman–Crippen LogP) is 13.7. The minimum absolute atomic E-state index is 0.674. The Kier molecular flexibility index (Phi) is 8.72. The summed E-state index contributed by atoms with van der Waals surface area (Å²) < 4.78 is 0. The van der Waals surface area contributed by atoms with E-state index in [0.29, 0.717) is 5.92 Å². The Morgan fingerprint density at radius 1 is 0.346 bits per heavy atom. The molecule has 0 aliphatic heterocycles. The van der Waals surface area contributed by atoms with Crippen molar-refractivity contribution in [1.29, 1.82) is 0 Å². The van der Waals surface area contributed by atoms with E-state index >= 15 is 0 Å². The van der Waals surface area contributed by atoms with Crippen LogP contribution in [0.2, 0.25) is 0 Å². The third-order valence-electron chi connectivity index (χ3n) is 10.8. The molecule has 7 aromatic carbocycles. The summed E-state index contributed by atoms with van der Waals surface area (Å²) in [7, 11) is 0. The Bertz CT molecular complexity index is 2440. The number of benzene rings is 7. The first-order valence-electron chi connectivity index (χ1n) is 18.6. The highest BCUT2D eigenvalue weighted by Gasteiger charge is 2.17. The largest absolute Gasteiger partial charge is 0.228 e. The summed E-state index contributed by atoms with van der Waals surface area (Å²) in [5.74, 6) is 1.41. The second kappa shape index (κ2) is 14.2. The summed E-state index contributed by atoms with van der Waals surface area (Å²) in [6, 6.07) is 63.2. The Labute approximate surface area is 306 Å². The molecule has 1 fully saturated rings. The fourth-order valence-corrected chi connectivity index (χ4v) is 7.93. The number of fused-ring (bicyclic) bond motifs is 1. The van der Waals surface area contributed by atoms with E-state index in [1.54, 1.807) is 0 Å². The predicted molar refractivity (Wildman–Crippen MR) is 218 cm³/mol. The number of hydrogen-bond donors (Lipinski definition) is 0. The standard InChI is InChI=1S/C50H40N2/c1-4-12-35(13-5-1)37-22-28-41(29-23-37)48-34-49(52-50(51-48)43-32-24-38(25-33-43)36-14-6-2-7-15-36)42-30-26-40(27-31-42)45-19-11-20-46-44(18-10-21-47(45)46)39-16-8-3-9-17-39/h2-3,6-11,14-35H,1,4-5,12-13H2. The van der Waals surface area contributed by atoms with Crippen LogP contribution in [0.5, 0.6) is 0 Å². The molecule has 0 N–H and O–H groups in total. The summed E-state index contributed by atoms with van der Waals surface area (Å²) >= 11 is 0. The number of aromatic nitrogens is 2. The molecule has 0 radical (unpaired) electrons. The summed E-state index contributed by atoms with van der Waals surface area (Å²) in [6.45, 7) is 0. The van der Waals surface area contributed by atoms with Gasteiger partial charge in [-0.25, -0.2) is 9.97 Å². The molecule has 1 aliphatic carbocycles. The Morgan fingerprint density at radius 3 is 1.37 bits per heavy atom. The van der Waals surface area contributed by atoms with Gasteiger partial charge in [-0.05, 0) is 74.5 Å². The molecule has 8 aromatic rings. The molecule has 1 heterocycles. The summed E-state index contributed by atoms with van der Waals surface area (Å²) in [5, 5.41) is 2.51. The van der Waals surface area contributed by atoms with Crippen LogP contribution in [-0.4, -0.2) is 9.97 Å². The lowest BCUT2D eigenvalue weighted by atomic mass is 9.84. The van der Waals surface area contributed by atoms with E-state index in [1.165, 1.54) is 81.8 Å². The van der Waals surface area contributed by atoms with Crippen molar-refractivity contribution >= 4 is 10.8 Å². The van der Waals surface area contributed by atoms with E-state index in [0.717, 1.165) is 33.9 Å². The molecule has 2 nitrogen and oxygen atoms in total. The van der Waals surface area contributed by atoms with Crippen molar-refractivity contribution in [3.8, 4) is 67.3 Å². The number of rotatable bonds is 7. The van der Waals surface area contributed by atoms with E-state index in [2.05, 4.69) is 176 Å². The molecule has 1 aromatic heterocycles. The van der Waals surface area contributed by atoms with Crippen molar-refractivity contribution in [2.24, 2.45) is 0 Å². The molecule has 0 amide bonds. The molecular weight excluding hydrogens is 629 g/mol. The van der Waals surface area contributed by atoms with Gasteiger partial charge in [0.1, 0.15) is 0 Å². The van der Waals surface area contributed by atoms with Crippen LogP contribution in [0.4, 0.5) is 0 Å². The Hall–Kier alpha value is -6.12. The molecule has 0 atom stereocenters. The maximum absolute atomic E-state index is 5.18. The van der Waals surface area contributed by atoms with E-state index < -0.39 is 0 Å². The van der Waals surface area contributed by atoms with Crippen LogP contribution in [0.1, 0.15) is 43.6 Å². The molecule has 1 aliphatic rings. The zero-order chi connectivity index (χ0) is 34.7. The van der Waals surface area contributed by atoms with E-state index in [-0.39, 0.29) is 0 Å². The van der Waals surface area contributed by atoms with E-state index in [4.69, 9.17) is 9.97 Å². The van der Waals surface area contributed by atoms with Gasteiger partial charge in [0, 0.05) is 16.7 Å². The first kappa shape index (κ1) is 31.8. The van der Waals surface area contributed by atoms with Gasteiger partial charge < -0.3 is 0 Å². The van der Waals surface area contributed by atoms with Gasteiger partial charge in [-0.3, -0.25) is 0 Å². The highest BCUT2D eigenvalue weighted by molar-refractivity contribution is 6.04. The first-order chi connectivity index (χ1) is 25.8. The summed E-state index contributed by atoms with van der Waals surface area (Å²) in [4.78, 5) is 10.3. The highest BCUT2D eigenvalue weighted by atomic mass is 14.9. The van der Waals surface area contributed by atoms with Crippen LogP contribution >= 0.6 is 0 Å². The quantitative estimate of drug-likeness (QED) is 0.169. The SMILES string of the molecule is c1ccc(-c2ccc(-c3nc(-c4ccc(-c5cccc6c(-c7ccccc7)cccc56)cc4)cc(-c4ccc(C5CCCCC5)cc4)n3)cc2)cc1. The molecule has 0 saturated heterocycles. The fourth-order valence-electron chi connectivity index (χ4n) is 7.93. The third-order valence-corrected chi connectivity index (χ3v) is 10.8. The van der Waals surface area contributed by atoms with Gasteiger partial charge in [-0.1, -0.05) is 189 Å². The van der Waals surface area contributed by atoms with Gasteiger partial charge in [0.15, 0.2) is 5.82 Å². The van der Waals surface area contributed by atoms with E-state index in [9.17, 15) is 0 Å². The molecular formula is C50H40N2. The lowest BCUT2D eigenvalue weighted by Crippen LogP contribution is -2.04. The number of nitrogens with zero attached hydrogens (tertiary/aromatic N) is 2. The van der Waals surface area contributed by atoms with Gasteiger partial charge >= 0.3 is 0 Å². The summed E-state index contributed by atoms with van der Waals surface area (Å²) in [5.41, 5.74) is 13.8. The van der Waals surface area contributed by atoms with Crippen LogP contribution in [0.15, 0.2) is 176 Å². The minimum Gasteiger partial charge on any atom is -0.228 e. The molecule has 9 rings (SSSR count). The summed E-state index contributed by atoms with van der Waals surface area (Å²) in [6.07, 6.45) is 6.63. The average Bonchev–Trinajstić information content (AvgIpc) is 3.24. The molecule has 0 unspecified atom stereocenters. The van der Waals surface area contributed by atoms with E-state index in [1.807, 2.05) is 0 Å². The second-order valence-electron chi connectivity index (χ2n) is 14.0. The maximum Gasteiger partial charge on any atom is 0.160 e. The third kappa shape index (κ3) is 6.45. The molecule has 2 heteroatoms. The number of hydrogen-bond acceptors (Lipinski definition) is 2. The van der Waals surface area contributed by atoms with Crippen molar-refractivity contribution in [3.05, 3.63) is 181 Å². The zero-order valence-electron chi connectivity index (χ0n) is 29.3. The van der Waals surface area contributed by atoms with Crippen LogP contribution in [-0.2, 0) is 0 Å². The first-order valence-corrected chi connectivity index (χ1v) is 18.6. The van der Waals surface area contributed by atoms with Crippen LogP contribution < -0.4 is 0 Å². The second-order valence-corrected chi connectivity index (χ2v) is 14.0. The average molecular weight is 669 g/mol. The van der Waals surface area contributed by atoms with Crippen molar-refractivity contribution < 1.29 is 0 Å². The van der Waals surface area contributed by atoms with Gasteiger partial charge in [0.05, 0.1) is 11.4 Å². The van der Waals surface area contributed by atoms with Crippen LogP contribution in [0.3, 0.4) is 0 Å². The van der Waals surface area contributed by atoms with Crippen molar-refractivity contribution in [2.75, 3.05) is 0 Å². The molecule has 1 saturated carbocycles. The highest BCUT2D eigenvalue weighted by Crippen LogP contribution is 2.37. The monoisotopic (exact) mass is 668 g/mol. The lowest BCUT2D eigenvalue weighted by molar-refractivity contribution is 0.443. The normalized spacial score (nSPS) is 13.3. The van der Waals surface area contributed by atoms with Gasteiger partial charge in [0.2, 0.25) is 0 Å².